The fourth-order valence-electron chi connectivity index (χ4n) is 3.53. The molecule has 0 bridgehead atoms. The summed E-state index contributed by atoms with van der Waals surface area (Å²) in [6.45, 7) is 0. The van der Waals surface area contributed by atoms with Crippen molar-refractivity contribution in [2.75, 3.05) is 0 Å². The van der Waals surface area contributed by atoms with Crippen molar-refractivity contribution in [1.29, 1.82) is 0 Å². The number of carboxylic acids is 1. The average molecular weight is 300 g/mol. The van der Waals surface area contributed by atoms with Crippen LogP contribution < -0.4 is 0 Å². The summed E-state index contributed by atoms with van der Waals surface area (Å²) in [5.74, 6) is 0.450. The Bertz CT molecular complexity index is 512. The molecule has 22 heavy (non-hydrogen) atoms. The minimum Gasteiger partial charge on any atom is -0.481 e. The molecule has 2 saturated carbocycles. The summed E-state index contributed by atoms with van der Waals surface area (Å²) in [5.41, 5.74) is 2.66. The maximum absolute atomic E-state index is 11.2. The van der Waals surface area contributed by atoms with Crippen LogP contribution in [0.25, 0.3) is 0 Å². The Kier molecular flexibility index (Phi) is 4.85. The van der Waals surface area contributed by atoms with Gasteiger partial charge in [-0.15, -0.1) is 0 Å². The van der Waals surface area contributed by atoms with Gasteiger partial charge in [-0.05, 0) is 62.0 Å². The molecule has 0 heterocycles. The van der Waals surface area contributed by atoms with Gasteiger partial charge in [0.05, 0.1) is 5.41 Å². The SMILES string of the molecule is O=C(O)C1(CCCCc2ccccc2CCCC2CC2)CC1. The van der Waals surface area contributed by atoms with Gasteiger partial charge < -0.3 is 5.11 Å². The minimum absolute atomic E-state index is 0.343. The van der Waals surface area contributed by atoms with Crippen molar-refractivity contribution >= 4 is 5.97 Å². The molecule has 2 aliphatic carbocycles. The highest BCUT2D eigenvalue weighted by atomic mass is 16.4. The minimum atomic E-state index is -0.576. The van der Waals surface area contributed by atoms with E-state index in [1.807, 2.05) is 0 Å². The third-order valence-electron chi connectivity index (χ3n) is 5.53. The Labute approximate surface area is 133 Å². The lowest BCUT2D eigenvalue weighted by Crippen LogP contribution is -2.14. The van der Waals surface area contributed by atoms with E-state index < -0.39 is 5.97 Å². The number of unbranched alkanes of at least 4 members (excludes halogenated alkanes) is 1. The van der Waals surface area contributed by atoms with Crippen LogP contribution in [0.5, 0.6) is 0 Å². The lowest BCUT2D eigenvalue weighted by atomic mass is 9.94. The average Bonchev–Trinajstić information content (AvgIpc) is 3.40. The maximum Gasteiger partial charge on any atom is 0.309 e. The molecular formula is C20H28O2. The first kappa shape index (κ1) is 15.6. The molecule has 0 aliphatic heterocycles. The number of carbonyl (C=O) groups is 1. The fraction of sp³-hybridized carbons (Fsp3) is 0.650. The lowest BCUT2D eigenvalue weighted by Gasteiger charge is -2.11. The first-order valence-corrected chi connectivity index (χ1v) is 9.00. The summed E-state index contributed by atoms with van der Waals surface area (Å²) in [7, 11) is 0. The number of rotatable bonds is 10. The molecule has 0 amide bonds. The fourth-order valence-corrected chi connectivity index (χ4v) is 3.53. The van der Waals surface area contributed by atoms with Gasteiger partial charge in [-0.25, -0.2) is 0 Å². The molecule has 120 valence electrons. The highest BCUT2D eigenvalue weighted by Gasteiger charge is 2.49. The molecule has 1 aromatic carbocycles. The smallest absolute Gasteiger partial charge is 0.309 e. The van der Waals surface area contributed by atoms with Crippen LogP contribution in [-0.4, -0.2) is 11.1 Å². The number of carboxylic acid groups (broad SMARTS) is 1. The number of aliphatic carboxylic acids is 1. The van der Waals surface area contributed by atoms with Gasteiger partial charge in [0.25, 0.3) is 0 Å². The standard InChI is InChI=1S/C20H28O2/c21-19(22)20(14-15-20)13-4-3-9-17-7-1-2-8-18(17)10-5-6-16-11-12-16/h1-2,7-8,16H,3-6,9-15H2,(H,21,22). The number of hydrogen-bond donors (Lipinski definition) is 1. The molecule has 2 nitrogen and oxygen atoms in total. The van der Waals surface area contributed by atoms with Crippen molar-refractivity contribution in [1.82, 2.24) is 0 Å². The zero-order chi connectivity index (χ0) is 15.4. The molecule has 0 spiro atoms. The predicted molar refractivity (Wildman–Crippen MR) is 89.0 cm³/mol. The van der Waals surface area contributed by atoms with E-state index >= 15 is 0 Å². The van der Waals surface area contributed by atoms with E-state index in [9.17, 15) is 9.90 Å². The summed E-state index contributed by atoms with van der Waals surface area (Å²) < 4.78 is 0. The van der Waals surface area contributed by atoms with Crippen LogP contribution in [0, 0.1) is 11.3 Å². The second kappa shape index (κ2) is 6.85. The van der Waals surface area contributed by atoms with E-state index in [-0.39, 0.29) is 5.41 Å². The second-order valence-corrected chi connectivity index (χ2v) is 7.40. The first-order chi connectivity index (χ1) is 10.7. The van der Waals surface area contributed by atoms with Crippen molar-refractivity contribution in [2.24, 2.45) is 11.3 Å². The van der Waals surface area contributed by atoms with Crippen molar-refractivity contribution in [3.8, 4) is 0 Å². The summed E-state index contributed by atoms with van der Waals surface area (Å²) in [5, 5.41) is 9.21. The number of benzene rings is 1. The van der Waals surface area contributed by atoms with Crippen LogP contribution >= 0.6 is 0 Å². The van der Waals surface area contributed by atoms with Crippen LogP contribution in [0.2, 0.25) is 0 Å². The van der Waals surface area contributed by atoms with Crippen molar-refractivity contribution in [3.63, 3.8) is 0 Å². The molecule has 1 N–H and O–H groups in total. The zero-order valence-electron chi connectivity index (χ0n) is 13.5. The van der Waals surface area contributed by atoms with Gasteiger partial charge in [-0.1, -0.05) is 49.9 Å². The largest absolute Gasteiger partial charge is 0.481 e. The molecule has 2 fully saturated rings. The van der Waals surface area contributed by atoms with Crippen molar-refractivity contribution in [3.05, 3.63) is 35.4 Å². The highest BCUT2D eigenvalue weighted by molar-refractivity contribution is 5.77. The van der Waals surface area contributed by atoms with Gasteiger partial charge in [0.2, 0.25) is 0 Å². The van der Waals surface area contributed by atoms with Crippen LogP contribution in [-0.2, 0) is 17.6 Å². The molecule has 2 aliphatic rings. The van der Waals surface area contributed by atoms with E-state index in [2.05, 4.69) is 24.3 Å². The summed E-state index contributed by atoms with van der Waals surface area (Å²) >= 11 is 0. The Balaban J connectivity index is 1.42. The van der Waals surface area contributed by atoms with Crippen LogP contribution in [0.1, 0.15) is 68.9 Å². The Morgan fingerprint density at radius 1 is 1.05 bits per heavy atom. The van der Waals surface area contributed by atoms with E-state index in [1.165, 1.54) is 43.2 Å². The van der Waals surface area contributed by atoms with Gasteiger partial charge >= 0.3 is 5.97 Å². The monoisotopic (exact) mass is 300 g/mol. The van der Waals surface area contributed by atoms with Crippen LogP contribution in [0.4, 0.5) is 0 Å². The highest BCUT2D eigenvalue weighted by Crippen LogP contribution is 2.50. The van der Waals surface area contributed by atoms with Crippen molar-refractivity contribution < 1.29 is 9.90 Å². The van der Waals surface area contributed by atoms with E-state index in [0.29, 0.717) is 0 Å². The third-order valence-corrected chi connectivity index (χ3v) is 5.53. The van der Waals surface area contributed by atoms with Crippen molar-refractivity contribution in [2.45, 2.75) is 70.6 Å². The number of aryl methyl sites for hydroxylation is 2. The maximum atomic E-state index is 11.2. The predicted octanol–water partition coefficient (Wildman–Crippen LogP) is 5.00. The molecule has 0 aromatic heterocycles. The zero-order valence-corrected chi connectivity index (χ0v) is 13.5. The Hall–Kier alpha value is -1.31. The van der Waals surface area contributed by atoms with Gasteiger partial charge in [-0.2, -0.15) is 0 Å². The van der Waals surface area contributed by atoms with Gasteiger partial charge in [-0.3, -0.25) is 4.79 Å². The van der Waals surface area contributed by atoms with Crippen LogP contribution in [0.3, 0.4) is 0 Å². The molecule has 2 heteroatoms. The summed E-state index contributed by atoms with van der Waals surface area (Å²) in [6.07, 6.45) is 12.8. The molecule has 3 rings (SSSR count). The third kappa shape index (κ3) is 4.12. The van der Waals surface area contributed by atoms with Gasteiger partial charge in [0.1, 0.15) is 0 Å². The molecule has 0 radical (unpaired) electrons. The van der Waals surface area contributed by atoms with E-state index in [4.69, 9.17) is 0 Å². The second-order valence-electron chi connectivity index (χ2n) is 7.40. The summed E-state index contributed by atoms with van der Waals surface area (Å²) in [4.78, 5) is 11.2. The first-order valence-electron chi connectivity index (χ1n) is 9.00. The molecule has 0 unspecified atom stereocenters. The Morgan fingerprint density at radius 2 is 1.68 bits per heavy atom. The van der Waals surface area contributed by atoms with E-state index in [0.717, 1.165) is 44.4 Å². The molecule has 1 aromatic rings. The van der Waals surface area contributed by atoms with E-state index in [1.54, 1.807) is 0 Å². The molecular weight excluding hydrogens is 272 g/mol. The molecule has 0 saturated heterocycles. The van der Waals surface area contributed by atoms with Crippen LogP contribution in [0.15, 0.2) is 24.3 Å². The van der Waals surface area contributed by atoms with Gasteiger partial charge in [0, 0.05) is 0 Å². The normalized spacial score (nSPS) is 19.1. The lowest BCUT2D eigenvalue weighted by molar-refractivity contribution is -0.143. The Morgan fingerprint density at radius 3 is 2.23 bits per heavy atom. The quantitative estimate of drug-likeness (QED) is 0.618. The summed E-state index contributed by atoms with van der Waals surface area (Å²) in [6, 6.07) is 8.83. The van der Waals surface area contributed by atoms with Gasteiger partial charge in [0.15, 0.2) is 0 Å². The number of hydrogen-bond acceptors (Lipinski definition) is 1. The molecule has 0 atom stereocenters. The topological polar surface area (TPSA) is 37.3 Å².